The van der Waals surface area contributed by atoms with Gasteiger partial charge >= 0.3 is 6.03 Å². The molecule has 0 radical (unpaired) electrons. The SMILES string of the molecule is CN(C)c1cccc(-c2ccc3c(n2)N(C(=O)Nc2ccccn2)[C@H]2CCCN3C2)c1. The molecule has 31 heavy (non-hydrogen) atoms. The standard InChI is InChI=1S/C24H26N6O/c1-28(2)18-8-5-7-17(15-18)20-11-12-21-23(26-20)30(19-9-6-14-29(21)16-19)24(31)27-22-10-3-4-13-25-22/h3-5,7-8,10-13,15,19H,6,9,14,16H2,1-2H3,(H,25,27,31)/t19-/m0/s1. The molecule has 0 spiro atoms. The molecule has 4 heterocycles. The normalized spacial score (nSPS) is 17.2. The van der Waals surface area contributed by atoms with Gasteiger partial charge in [0, 0.05) is 44.6 Å². The highest BCUT2D eigenvalue weighted by molar-refractivity contribution is 6.04. The first-order valence-corrected chi connectivity index (χ1v) is 10.6. The first-order valence-electron chi connectivity index (χ1n) is 10.6. The molecule has 2 amide bonds. The van der Waals surface area contributed by atoms with Crippen molar-refractivity contribution in [2.24, 2.45) is 0 Å². The van der Waals surface area contributed by atoms with Gasteiger partial charge in [0.1, 0.15) is 5.82 Å². The van der Waals surface area contributed by atoms with Gasteiger partial charge in [0.2, 0.25) is 0 Å². The van der Waals surface area contributed by atoms with Gasteiger partial charge in [0.05, 0.1) is 17.4 Å². The minimum Gasteiger partial charge on any atom is -0.378 e. The van der Waals surface area contributed by atoms with Crippen LogP contribution in [0.1, 0.15) is 12.8 Å². The lowest BCUT2D eigenvalue weighted by Crippen LogP contribution is -2.56. The van der Waals surface area contributed by atoms with Gasteiger partial charge in [-0.05, 0) is 49.2 Å². The number of carbonyl (C=O) groups is 1. The molecule has 0 unspecified atom stereocenters. The van der Waals surface area contributed by atoms with E-state index in [9.17, 15) is 4.79 Å². The van der Waals surface area contributed by atoms with Gasteiger partial charge in [-0.2, -0.15) is 0 Å². The van der Waals surface area contributed by atoms with Crippen LogP contribution >= 0.6 is 0 Å². The smallest absolute Gasteiger partial charge is 0.329 e. The number of nitrogens with one attached hydrogen (secondary N) is 1. The van der Waals surface area contributed by atoms with Gasteiger partial charge in [0.15, 0.2) is 5.82 Å². The van der Waals surface area contributed by atoms with Crippen molar-refractivity contribution < 1.29 is 4.79 Å². The lowest BCUT2D eigenvalue weighted by molar-refractivity contribution is 0.252. The zero-order chi connectivity index (χ0) is 21.4. The molecule has 2 aromatic heterocycles. The Kier molecular flexibility index (Phi) is 4.94. The number of piperidine rings is 1. The first-order chi connectivity index (χ1) is 15.1. The number of benzene rings is 1. The summed E-state index contributed by atoms with van der Waals surface area (Å²) in [4.78, 5) is 28.8. The van der Waals surface area contributed by atoms with Gasteiger partial charge in [-0.1, -0.05) is 18.2 Å². The van der Waals surface area contributed by atoms with Crippen LogP contribution in [-0.2, 0) is 0 Å². The van der Waals surface area contributed by atoms with Crippen LogP contribution in [0.3, 0.4) is 0 Å². The van der Waals surface area contributed by atoms with Crippen molar-refractivity contribution in [1.29, 1.82) is 0 Å². The maximum Gasteiger partial charge on any atom is 0.329 e. The Bertz CT molecular complexity index is 1100. The van der Waals surface area contributed by atoms with Crippen LogP contribution in [0.2, 0.25) is 0 Å². The highest BCUT2D eigenvalue weighted by atomic mass is 16.2. The highest BCUT2D eigenvalue weighted by Crippen LogP contribution is 2.39. The molecule has 1 atom stereocenters. The van der Waals surface area contributed by atoms with E-state index < -0.39 is 0 Å². The van der Waals surface area contributed by atoms with Crippen molar-refractivity contribution in [2.75, 3.05) is 47.2 Å². The van der Waals surface area contributed by atoms with Crippen molar-refractivity contribution in [3.8, 4) is 11.3 Å². The Balaban J connectivity index is 1.55. The maximum absolute atomic E-state index is 13.3. The molecule has 0 saturated carbocycles. The van der Waals surface area contributed by atoms with Crippen LogP contribution in [0.4, 0.5) is 27.8 Å². The Morgan fingerprint density at radius 1 is 1.13 bits per heavy atom. The van der Waals surface area contributed by atoms with Crippen LogP contribution in [0.25, 0.3) is 11.3 Å². The predicted molar refractivity (Wildman–Crippen MR) is 125 cm³/mol. The summed E-state index contributed by atoms with van der Waals surface area (Å²) in [6.07, 6.45) is 3.70. The van der Waals surface area contributed by atoms with E-state index in [0.29, 0.717) is 5.82 Å². The predicted octanol–water partition coefficient (Wildman–Crippen LogP) is 4.23. The van der Waals surface area contributed by atoms with Crippen LogP contribution < -0.4 is 20.0 Å². The van der Waals surface area contributed by atoms with Crippen LogP contribution in [-0.4, -0.2) is 49.2 Å². The molecular formula is C24H26N6O. The highest BCUT2D eigenvalue weighted by Gasteiger charge is 2.38. The number of hydrogen-bond donors (Lipinski definition) is 1. The second kappa shape index (κ2) is 7.91. The molecule has 3 aromatic rings. The van der Waals surface area contributed by atoms with E-state index in [4.69, 9.17) is 4.98 Å². The van der Waals surface area contributed by atoms with Crippen molar-refractivity contribution in [3.05, 3.63) is 60.8 Å². The Morgan fingerprint density at radius 2 is 2.03 bits per heavy atom. The number of amides is 2. The molecule has 2 aliphatic heterocycles. The second-order valence-electron chi connectivity index (χ2n) is 8.24. The number of aromatic nitrogens is 2. The van der Waals surface area contributed by atoms with E-state index in [1.165, 1.54) is 0 Å². The number of fused-ring (bicyclic) bond motifs is 4. The van der Waals surface area contributed by atoms with Gasteiger partial charge in [-0.15, -0.1) is 0 Å². The third kappa shape index (κ3) is 3.67. The first kappa shape index (κ1) is 19.4. The van der Waals surface area contributed by atoms with Crippen molar-refractivity contribution in [1.82, 2.24) is 9.97 Å². The minimum absolute atomic E-state index is 0.0980. The maximum atomic E-state index is 13.3. The zero-order valence-corrected chi connectivity index (χ0v) is 17.8. The number of carbonyl (C=O) groups excluding carboxylic acids is 1. The van der Waals surface area contributed by atoms with Gasteiger partial charge in [-0.3, -0.25) is 10.2 Å². The van der Waals surface area contributed by atoms with Gasteiger partial charge < -0.3 is 9.80 Å². The molecule has 1 saturated heterocycles. The number of pyridine rings is 2. The van der Waals surface area contributed by atoms with Crippen molar-refractivity contribution >= 4 is 29.0 Å². The molecular weight excluding hydrogens is 388 g/mol. The summed E-state index contributed by atoms with van der Waals surface area (Å²) in [5, 5.41) is 2.95. The Hall–Kier alpha value is -3.61. The summed E-state index contributed by atoms with van der Waals surface area (Å²) in [5.41, 5.74) is 4.02. The fraction of sp³-hybridized carbons (Fsp3) is 0.292. The number of rotatable bonds is 3. The van der Waals surface area contributed by atoms with Crippen molar-refractivity contribution in [2.45, 2.75) is 18.9 Å². The molecule has 0 aliphatic carbocycles. The fourth-order valence-corrected chi connectivity index (χ4v) is 4.40. The van der Waals surface area contributed by atoms with Gasteiger partial charge in [0.25, 0.3) is 0 Å². The lowest BCUT2D eigenvalue weighted by Gasteiger charge is -2.45. The topological polar surface area (TPSA) is 64.6 Å². The van der Waals surface area contributed by atoms with Crippen LogP contribution in [0.15, 0.2) is 60.8 Å². The third-order valence-electron chi connectivity index (χ3n) is 5.96. The second-order valence-corrected chi connectivity index (χ2v) is 8.24. The van der Waals surface area contributed by atoms with E-state index in [2.05, 4.69) is 50.4 Å². The fourth-order valence-electron chi connectivity index (χ4n) is 4.40. The summed E-state index contributed by atoms with van der Waals surface area (Å²) < 4.78 is 0. The number of anilines is 4. The molecule has 2 aliphatic rings. The van der Waals surface area contributed by atoms with Gasteiger partial charge in [-0.25, -0.2) is 14.8 Å². The molecule has 158 valence electrons. The quantitative estimate of drug-likeness (QED) is 0.695. The van der Waals surface area contributed by atoms with Crippen molar-refractivity contribution in [3.63, 3.8) is 0 Å². The largest absolute Gasteiger partial charge is 0.378 e. The average Bonchev–Trinajstić information content (AvgIpc) is 2.80. The van der Waals surface area contributed by atoms with E-state index in [0.717, 1.165) is 54.4 Å². The monoisotopic (exact) mass is 414 g/mol. The molecule has 7 nitrogen and oxygen atoms in total. The van der Waals surface area contributed by atoms with E-state index in [1.807, 2.05) is 37.2 Å². The summed E-state index contributed by atoms with van der Waals surface area (Å²) >= 11 is 0. The van der Waals surface area contributed by atoms with Crippen LogP contribution in [0, 0.1) is 0 Å². The number of hydrogen-bond acceptors (Lipinski definition) is 5. The van der Waals surface area contributed by atoms with E-state index in [-0.39, 0.29) is 12.1 Å². The Labute approximate surface area is 182 Å². The minimum atomic E-state index is -0.182. The van der Waals surface area contributed by atoms with Crippen LogP contribution in [0.5, 0.6) is 0 Å². The molecule has 5 rings (SSSR count). The number of urea groups is 1. The summed E-state index contributed by atoms with van der Waals surface area (Å²) in [5.74, 6) is 1.26. The van der Waals surface area contributed by atoms with E-state index in [1.54, 1.807) is 12.3 Å². The third-order valence-corrected chi connectivity index (χ3v) is 5.96. The molecule has 1 fully saturated rings. The zero-order valence-electron chi connectivity index (χ0n) is 17.8. The lowest BCUT2D eigenvalue weighted by atomic mass is 9.99. The summed E-state index contributed by atoms with van der Waals surface area (Å²) in [6.45, 7) is 1.83. The molecule has 1 aromatic carbocycles. The molecule has 7 heteroatoms. The van der Waals surface area contributed by atoms with E-state index >= 15 is 0 Å². The average molecular weight is 415 g/mol. The summed E-state index contributed by atoms with van der Waals surface area (Å²) in [7, 11) is 4.05. The summed E-state index contributed by atoms with van der Waals surface area (Å²) in [6, 6.07) is 17.9. The molecule has 1 N–H and O–H groups in total. The Morgan fingerprint density at radius 3 is 2.84 bits per heavy atom. The number of nitrogens with zero attached hydrogens (tertiary/aromatic N) is 5. The molecule has 2 bridgehead atoms.